The Bertz CT molecular complexity index is 483. The van der Waals surface area contributed by atoms with Crippen molar-refractivity contribution in [3.63, 3.8) is 0 Å². The number of carbonyl (C=O) groups is 2. The fraction of sp³-hybridized carbons (Fsp3) is 0.917. The lowest BCUT2D eigenvalue weighted by atomic mass is 9.79. The summed E-state index contributed by atoms with van der Waals surface area (Å²) >= 11 is 0. The highest BCUT2D eigenvalue weighted by atomic mass is 16.7. The molecule has 2 atom stereocenters. The van der Waals surface area contributed by atoms with Gasteiger partial charge in [-0.3, -0.25) is 0 Å². The molecule has 1 saturated carbocycles. The van der Waals surface area contributed by atoms with Crippen molar-refractivity contribution in [2.45, 2.75) is 116 Å². The van der Waals surface area contributed by atoms with Crippen LogP contribution in [0.1, 0.15) is 105 Å². The SMILES string of the molecule is CC(C)CCCCCOC(=O)C12CCCCC1(C(=O)OCCCCCC(C)C)O2. The number of ether oxygens (including phenoxy) is 3. The molecule has 0 aromatic carbocycles. The summed E-state index contributed by atoms with van der Waals surface area (Å²) < 4.78 is 16.9. The minimum absolute atomic E-state index is 0.366. The van der Waals surface area contributed by atoms with E-state index < -0.39 is 11.2 Å². The Morgan fingerprint density at radius 1 is 0.724 bits per heavy atom. The second-order valence-electron chi connectivity index (χ2n) is 9.72. The van der Waals surface area contributed by atoms with Gasteiger partial charge in [0.25, 0.3) is 0 Å². The molecule has 0 amide bonds. The Morgan fingerprint density at radius 3 is 1.52 bits per heavy atom. The molecule has 0 bridgehead atoms. The summed E-state index contributed by atoms with van der Waals surface area (Å²) in [6.07, 6.45) is 11.4. The number of unbranched alkanes of at least 4 members (excludes halogenated alkanes) is 4. The summed E-state index contributed by atoms with van der Waals surface area (Å²) in [5.74, 6) is 0.686. The Labute approximate surface area is 177 Å². The molecule has 29 heavy (non-hydrogen) atoms. The molecule has 0 aromatic rings. The monoisotopic (exact) mass is 410 g/mol. The first-order valence-electron chi connectivity index (χ1n) is 11.9. The van der Waals surface area contributed by atoms with Gasteiger partial charge in [0.15, 0.2) is 0 Å². The van der Waals surface area contributed by atoms with Gasteiger partial charge in [-0.05, 0) is 50.4 Å². The molecule has 2 fully saturated rings. The van der Waals surface area contributed by atoms with E-state index in [0.717, 1.165) is 51.4 Å². The Morgan fingerprint density at radius 2 is 1.14 bits per heavy atom. The third-order valence-electron chi connectivity index (χ3n) is 6.24. The van der Waals surface area contributed by atoms with Gasteiger partial charge in [-0.15, -0.1) is 0 Å². The molecular formula is C24H42O5. The van der Waals surface area contributed by atoms with E-state index in [1.54, 1.807) is 0 Å². The molecule has 1 aliphatic carbocycles. The Kier molecular flexibility index (Phi) is 9.45. The average Bonchev–Trinajstić information content (AvgIpc) is 3.38. The standard InChI is InChI=1S/C24H42O5/c1-19(2)13-7-5-11-17-27-21(25)23-15-9-10-16-24(23,29-23)22(26)28-18-12-6-8-14-20(3)4/h19-20H,5-18H2,1-4H3. The highest BCUT2D eigenvalue weighted by molar-refractivity contribution is 5.98. The molecular weight excluding hydrogens is 368 g/mol. The van der Waals surface area contributed by atoms with E-state index in [0.29, 0.717) is 37.9 Å². The molecule has 0 N–H and O–H groups in total. The van der Waals surface area contributed by atoms with E-state index >= 15 is 0 Å². The van der Waals surface area contributed by atoms with Gasteiger partial charge in [0, 0.05) is 0 Å². The number of epoxide rings is 1. The lowest BCUT2D eigenvalue weighted by Crippen LogP contribution is -2.44. The zero-order valence-corrected chi connectivity index (χ0v) is 19.1. The van der Waals surface area contributed by atoms with E-state index in [4.69, 9.17) is 14.2 Å². The van der Waals surface area contributed by atoms with Crippen LogP contribution in [0.5, 0.6) is 0 Å². The first-order chi connectivity index (χ1) is 13.8. The summed E-state index contributed by atoms with van der Waals surface area (Å²) in [6.45, 7) is 9.69. The van der Waals surface area contributed by atoms with Crippen LogP contribution in [-0.4, -0.2) is 36.4 Å². The van der Waals surface area contributed by atoms with Crippen molar-refractivity contribution < 1.29 is 23.8 Å². The molecule has 5 nitrogen and oxygen atoms in total. The zero-order valence-electron chi connectivity index (χ0n) is 19.1. The summed E-state index contributed by atoms with van der Waals surface area (Å²) in [7, 11) is 0. The largest absolute Gasteiger partial charge is 0.463 e. The van der Waals surface area contributed by atoms with Crippen molar-refractivity contribution in [3.05, 3.63) is 0 Å². The number of fused-ring (bicyclic) bond motifs is 1. The second-order valence-corrected chi connectivity index (χ2v) is 9.72. The van der Waals surface area contributed by atoms with Crippen LogP contribution in [0.4, 0.5) is 0 Å². The zero-order chi connectivity index (χ0) is 21.3. The minimum atomic E-state index is -1.09. The van der Waals surface area contributed by atoms with E-state index in [1.807, 2.05) is 0 Å². The summed E-state index contributed by atoms with van der Waals surface area (Å²) in [5.41, 5.74) is -2.17. The number of hydrogen-bond donors (Lipinski definition) is 0. The van der Waals surface area contributed by atoms with Crippen LogP contribution in [-0.2, 0) is 23.8 Å². The molecule has 0 spiro atoms. The smallest absolute Gasteiger partial charge is 0.342 e. The van der Waals surface area contributed by atoms with Gasteiger partial charge in [0.1, 0.15) is 0 Å². The highest BCUT2D eigenvalue weighted by Gasteiger charge is 2.81. The fourth-order valence-electron chi connectivity index (χ4n) is 4.37. The summed E-state index contributed by atoms with van der Waals surface area (Å²) in [4.78, 5) is 25.5. The van der Waals surface area contributed by atoms with E-state index in [-0.39, 0.29) is 11.9 Å². The molecule has 168 valence electrons. The van der Waals surface area contributed by atoms with Gasteiger partial charge < -0.3 is 14.2 Å². The van der Waals surface area contributed by atoms with Crippen molar-refractivity contribution in [2.75, 3.05) is 13.2 Å². The third-order valence-corrected chi connectivity index (χ3v) is 6.24. The normalized spacial score (nSPS) is 25.7. The third kappa shape index (κ3) is 6.44. The lowest BCUT2D eigenvalue weighted by Gasteiger charge is -2.22. The van der Waals surface area contributed by atoms with Gasteiger partial charge in [-0.25, -0.2) is 9.59 Å². The van der Waals surface area contributed by atoms with Crippen LogP contribution in [0.3, 0.4) is 0 Å². The average molecular weight is 411 g/mol. The molecule has 1 heterocycles. The van der Waals surface area contributed by atoms with Crippen molar-refractivity contribution >= 4 is 11.9 Å². The van der Waals surface area contributed by atoms with Crippen LogP contribution < -0.4 is 0 Å². The van der Waals surface area contributed by atoms with Crippen LogP contribution in [0, 0.1) is 11.8 Å². The van der Waals surface area contributed by atoms with Gasteiger partial charge in [-0.1, -0.05) is 66.2 Å². The van der Waals surface area contributed by atoms with Gasteiger partial charge in [0.2, 0.25) is 11.2 Å². The van der Waals surface area contributed by atoms with Crippen molar-refractivity contribution in [1.29, 1.82) is 0 Å². The Balaban J connectivity index is 1.73. The predicted octanol–water partition coefficient (Wildman–Crippen LogP) is 5.59. The molecule has 1 aliphatic heterocycles. The van der Waals surface area contributed by atoms with Gasteiger partial charge in [-0.2, -0.15) is 0 Å². The minimum Gasteiger partial charge on any atom is -0.463 e. The molecule has 5 heteroatoms. The van der Waals surface area contributed by atoms with Crippen molar-refractivity contribution in [3.8, 4) is 0 Å². The second kappa shape index (κ2) is 11.3. The van der Waals surface area contributed by atoms with E-state index in [1.165, 1.54) is 12.8 Å². The topological polar surface area (TPSA) is 65.1 Å². The van der Waals surface area contributed by atoms with Gasteiger partial charge >= 0.3 is 11.9 Å². The molecule has 2 unspecified atom stereocenters. The lowest BCUT2D eigenvalue weighted by molar-refractivity contribution is -0.155. The van der Waals surface area contributed by atoms with Crippen LogP contribution in [0.25, 0.3) is 0 Å². The van der Waals surface area contributed by atoms with Crippen LogP contribution in [0.2, 0.25) is 0 Å². The Hall–Kier alpha value is -1.10. The van der Waals surface area contributed by atoms with E-state index in [2.05, 4.69) is 27.7 Å². The molecule has 0 aromatic heterocycles. The molecule has 0 radical (unpaired) electrons. The van der Waals surface area contributed by atoms with Crippen molar-refractivity contribution in [1.82, 2.24) is 0 Å². The maximum Gasteiger partial charge on any atom is 0.342 e. The summed E-state index contributed by atoms with van der Waals surface area (Å²) in [6, 6.07) is 0. The maximum absolute atomic E-state index is 12.7. The number of esters is 2. The first-order valence-corrected chi connectivity index (χ1v) is 11.9. The highest BCUT2D eigenvalue weighted by Crippen LogP contribution is 2.58. The van der Waals surface area contributed by atoms with E-state index in [9.17, 15) is 9.59 Å². The fourth-order valence-corrected chi connectivity index (χ4v) is 4.37. The number of rotatable bonds is 14. The molecule has 2 aliphatic rings. The molecule has 2 rings (SSSR count). The molecule has 1 saturated heterocycles. The van der Waals surface area contributed by atoms with Crippen molar-refractivity contribution in [2.24, 2.45) is 11.8 Å². The first kappa shape index (κ1) is 24.2. The van der Waals surface area contributed by atoms with Gasteiger partial charge in [0.05, 0.1) is 13.2 Å². The quantitative estimate of drug-likeness (QED) is 0.212. The predicted molar refractivity (Wildman–Crippen MR) is 114 cm³/mol. The maximum atomic E-state index is 12.7. The van der Waals surface area contributed by atoms with Crippen LogP contribution >= 0.6 is 0 Å². The van der Waals surface area contributed by atoms with Crippen LogP contribution in [0.15, 0.2) is 0 Å². The summed E-state index contributed by atoms with van der Waals surface area (Å²) in [5, 5.41) is 0. The number of hydrogen-bond acceptors (Lipinski definition) is 5. The number of carbonyl (C=O) groups excluding carboxylic acids is 2.